The standard InChI is InChI=1S/C17H9O2/c18-10-19-15-7-3-6-13-14-9-8-11-4-1-2-5-12(11)16(14)17(13)15/h1-6,8-10H. The normalized spacial score (nSPS) is 11.4. The van der Waals surface area contributed by atoms with Crippen molar-refractivity contribution >= 4 is 17.2 Å². The van der Waals surface area contributed by atoms with Crippen LogP contribution in [0.25, 0.3) is 33.0 Å². The van der Waals surface area contributed by atoms with E-state index in [2.05, 4.69) is 30.3 Å². The number of hydrogen-bond acceptors (Lipinski definition) is 2. The second kappa shape index (κ2) is 3.69. The molecule has 1 radical (unpaired) electrons. The highest BCUT2D eigenvalue weighted by molar-refractivity contribution is 6.16. The molecule has 0 bridgehead atoms. The van der Waals surface area contributed by atoms with Gasteiger partial charge >= 0.3 is 0 Å². The van der Waals surface area contributed by atoms with Gasteiger partial charge in [0.1, 0.15) is 5.75 Å². The number of hydrogen-bond donors (Lipinski definition) is 0. The van der Waals surface area contributed by atoms with E-state index in [4.69, 9.17) is 4.74 Å². The number of fused-ring (bicyclic) bond motifs is 6. The van der Waals surface area contributed by atoms with Crippen LogP contribution in [0.1, 0.15) is 0 Å². The lowest BCUT2D eigenvalue weighted by Crippen LogP contribution is -2.03. The molecule has 1 aliphatic rings. The maximum Gasteiger partial charge on any atom is 0.298 e. The molecule has 2 heteroatoms. The summed E-state index contributed by atoms with van der Waals surface area (Å²) >= 11 is 0. The van der Waals surface area contributed by atoms with Gasteiger partial charge in [-0.2, -0.15) is 0 Å². The van der Waals surface area contributed by atoms with Gasteiger partial charge < -0.3 is 4.74 Å². The molecule has 0 aliphatic heterocycles. The molecule has 0 unspecified atom stereocenters. The zero-order valence-electron chi connectivity index (χ0n) is 10.0. The van der Waals surface area contributed by atoms with Gasteiger partial charge in [-0.1, -0.05) is 42.5 Å². The Bertz CT molecular complexity index is 819. The summed E-state index contributed by atoms with van der Waals surface area (Å²) in [4.78, 5) is 10.6. The Kier molecular flexibility index (Phi) is 2.00. The number of carbonyl (C=O) groups is 1. The van der Waals surface area contributed by atoms with Gasteiger partial charge in [0.15, 0.2) is 0 Å². The van der Waals surface area contributed by atoms with E-state index in [-0.39, 0.29) is 0 Å². The topological polar surface area (TPSA) is 26.3 Å². The summed E-state index contributed by atoms with van der Waals surface area (Å²) in [5.74, 6) is 0.511. The summed E-state index contributed by atoms with van der Waals surface area (Å²) in [5, 5.41) is 2.37. The molecule has 0 N–H and O–H groups in total. The third kappa shape index (κ3) is 1.28. The molecule has 0 fully saturated rings. The van der Waals surface area contributed by atoms with Crippen molar-refractivity contribution in [2.24, 2.45) is 0 Å². The molecular weight excluding hydrogens is 236 g/mol. The number of ether oxygens (including phenoxy) is 1. The van der Waals surface area contributed by atoms with Crippen LogP contribution in [0.2, 0.25) is 0 Å². The smallest absolute Gasteiger partial charge is 0.298 e. The highest BCUT2D eigenvalue weighted by Crippen LogP contribution is 2.54. The largest absolute Gasteiger partial charge is 0.427 e. The molecule has 0 saturated carbocycles. The second-order valence-electron chi connectivity index (χ2n) is 4.52. The second-order valence-corrected chi connectivity index (χ2v) is 4.52. The SMILES string of the molecule is O=COc1[c]ccc2c1-c1c-2ccc2ccccc12. The van der Waals surface area contributed by atoms with Crippen LogP contribution in [0, 0.1) is 6.07 Å². The summed E-state index contributed by atoms with van der Waals surface area (Å²) in [6.45, 7) is 0.454. The minimum Gasteiger partial charge on any atom is -0.427 e. The number of carbonyl (C=O) groups excluding carboxylic acids is 1. The van der Waals surface area contributed by atoms with E-state index in [1.807, 2.05) is 18.2 Å². The first-order valence-electron chi connectivity index (χ1n) is 6.07. The van der Waals surface area contributed by atoms with Gasteiger partial charge in [0.05, 0.1) is 0 Å². The van der Waals surface area contributed by atoms with Crippen LogP contribution in [-0.2, 0) is 4.79 Å². The summed E-state index contributed by atoms with van der Waals surface area (Å²) in [7, 11) is 0. The Morgan fingerprint density at radius 3 is 2.68 bits per heavy atom. The van der Waals surface area contributed by atoms with Gasteiger partial charge in [-0.3, -0.25) is 4.79 Å². The summed E-state index contributed by atoms with van der Waals surface area (Å²) in [6, 6.07) is 19.2. The fraction of sp³-hybridized carbons (Fsp3) is 0. The van der Waals surface area contributed by atoms with Crippen molar-refractivity contribution in [3.63, 3.8) is 0 Å². The maximum atomic E-state index is 10.6. The van der Waals surface area contributed by atoms with Crippen molar-refractivity contribution in [2.45, 2.75) is 0 Å². The molecule has 3 aromatic rings. The minimum absolute atomic E-state index is 0.454. The Hall–Kier alpha value is -2.61. The van der Waals surface area contributed by atoms with Crippen molar-refractivity contribution in [3.8, 4) is 28.0 Å². The van der Waals surface area contributed by atoms with Crippen LogP contribution < -0.4 is 4.74 Å². The molecule has 0 heterocycles. The molecule has 19 heavy (non-hydrogen) atoms. The van der Waals surface area contributed by atoms with E-state index in [0.29, 0.717) is 12.2 Å². The Morgan fingerprint density at radius 1 is 0.947 bits per heavy atom. The average molecular weight is 245 g/mol. The molecule has 3 aromatic carbocycles. The quantitative estimate of drug-likeness (QED) is 0.502. The van der Waals surface area contributed by atoms with Gasteiger partial charge in [-0.15, -0.1) is 0 Å². The first-order valence-corrected chi connectivity index (χ1v) is 6.07. The highest BCUT2D eigenvalue weighted by atomic mass is 16.5. The summed E-state index contributed by atoms with van der Waals surface area (Å²) in [5.41, 5.74) is 4.47. The minimum atomic E-state index is 0.454. The van der Waals surface area contributed by atoms with Crippen molar-refractivity contribution < 1.29 is 9.53 Å². The molecule has 1 aliphatic carbocycles. The van der Waals surface area contributed by atoms with E-state index in [0.717, 1.165) is 16.7 Å². The molecule has 0 aromatic heterocycles. The Balaban J connectivity index is 2.06. The predicted octanol–water partition coefficient (Wildman–Crippen LogP) is 3.82. The summed E-state index contributed by atoms with van der Waals surface area (Å²) < 4.78 is 5.04. The van der Waals surface area contributed by atoms with Gasteiger partial charge in [-0.05, 0) is 28.0 Å². The molecule has 4 rings (SSSR count). The molecule has 0 amide bonds. The lowest BCUT2D eigenvalue weighted by molar-refractivity contribution is -0.120. The first kappa shape index (κ1) is 10.3. The lowest BCUT2D eigenvalue weighted by Gasteiger charge is -2.27. The monoisotopic (exact) mass is 245 g/mol. The molecule has 0 saturated heterocycles. The zero-order valence-corrected chi connectivity index (χ0v) is 10.0. The van der Waals surface area contributed by atoms with Crippen molar-refractivity contribution in [2.75, 3.05) is 0 Å². The van der Waals surface area contributed by atoms with Crippen molar-refractivity contribution in [1.82, 2.24) is 0 Å². The van der Waals surface area contributed by atoms with Crippen molar-refractivity contribution in [1.29, 1.82) is 0 Å². The fourth-order valence-electron chi connectivity index (χ4n) is 2.80. The van der Waals surface area contributed by atoms with Crippen LogP contribution in [0.4, 0.5) is 0 Å². The average Bonchev–Trinajstić information content (AvgIpc) is 2.43. The molecule has 2 nitrogen and oxygen atoms in total. The fourth-order valence-corrected chi connectivity index (χ4v) is 2.80. The third-order valence-electron chi connectivity index (χ3n) is 3.60. The van der Waals surface area contributed by atoms with E-state index in [1.54, 1.807) is 6.07 Å². The van der Waals surface area contributed by atoms with Crippen LogP contribution in [0.3, 0.4) is 0 Å². The van der Waals surface area contributed by atoms with Gasteiger partial charge in [0, 0.05) is 17.2 Å². The Morgan fingerprint density at radius 2 is 1.79 bits per heavy atom. The number of benzene rings is 3. The third-order valence-corrected chi connectivity index (χ3v) is 3.60. The molecule has 0 spiro atoms. The molecule has 0 atom stereocenters. The predicted molar refractivity (Wildman–Crippen MR) is 73.9 cm³/mol. The first-order chi connectivity index (χ1) is 9.40. The molecule has 89 valence electrons. The summed E-state index contributed by atoms with van der Waals surface area (Å²) in [6.07, 6.45) is 0. The Labute approximate surface area is 110 Å². The van der Waals surface area contributed by atoms with Crippen LogP contribution in [-0.4, -0.2) is 6.47 Å². The van der Waals surface area contributed by atoms with Crippen molar-refractivity contribution in [3.05, 3.63) is 54.6 Å². The van der Waals surface area contributed by atoms with Crippen LogP contribution in [0.15, 0.2) is 48.5 Å². The molecular formula is C17H9O2. The van der Waals surface area contributed by atoms with Gasteiger partial charge in [0.25, 0.3) is 6.47 Å². The maximum absolute atomic E-state index is 10.6. The van der Waals surface area contributed by atoms with E-state index in [9.17, 15) is 4.79 Å². The van der Waals surface area contributed by atoms with Gasteiger partial charge in [-0.25, -0.2) is 0 Å². The number of rotatable bonds is 2. The van der Waals surface area contributed by atoms with E-state index >= 15 is 0 Å². The van der Waals surface area contributed by atoms with E-state index < -0.39 is 0 Å². The lowest BCUT2D eigenvalue weighted by atomic mass is 9.77. The highest BCUT2D eigenvalue weighted by Gasteiger charge is 2.27. The van der Waals surface area contributed by atoms with Gasteiger partial charge in [0.2, 0.25) is 0 Å². The van der Waals surface area contributed by atoms with Crippen LogP contribution >= 0.6 is 0 Å². The van der Waals surface area contributed by atoms with E-state index in [1.165, 1.54) is 16.3 Å². The van der Waals surface area contributed by atoms with Crippen LogP contribution in [0.5, 0.6) is 5.75 Å². The zero-order chi connectivity index (χ0) is 12.8.